The number of hydrogen-bond donors (Lipinski definition) is 0. The smallest absolute Gasteiger partial charge is 0.248 e. The SMILES string of the molecule is Cc1nc(N2CCN3CCN(C#N)CC3C2=O)sc1C1CCCCC1. The van der Waals surface area contributed by atoms with E-state index in [1.165, 1.54) is 37.0 Å². The van der Waals surface area contributed by atoms with Crippen LogP contribution in [0.1, 0.15) is 48.6 Å². The van der Waals surface area contributed by atoms with Crippen molar-refractivity contribution in [2.24, 2.45) is 0 Å². The van der Waals surface area contributed by atoms with E-state index in [1.807, 2.05) is 4.90 Å². The van der Waals surface area contributed by atoms with E-state index >= 15 is 0 Å². The van der Waals surface area contributed by atoms with E-state index < -0.39 is 0 Å². The molecule has 1 aliphatic carbocycles. The largest absolute Gasteiger partial charge is 0.307 e. The maximum atomic E-state index is 13.0. The number of anilines is 1. The number of amides is 1. The number of carbonyl (C=O) groups is 1. The maximum absolute atomic E-state index is 13.0. The van der Waals surface area contributed by atoms with Crippen molar-refractivity contribution in [2.45, 2.75) is 51.0 Å². The number of piperazine rings is 2. The first kappa shape index (κ1) is 16.8. The number of nitriles is 1. The van der Waals surface area contributed by atoms with E-state index in [2.05, 4.69) is 18.0 Å². The minimum atomic E-state index is -0.204. The van der Waals surface area contributed by atoms with Gasteiger partial charge in [0.15, 0.2) is 11.3 Å². The summed E-state index contributed by atoms with van der Waals surface area (Å²) in [7, 11) is 0. The first-order chi connectivity index (χ1) is 12.2. The van der Waals surface area contributed by atoms with Crippen LogP contribution in [0.5, 0.6) is 0 Å². The predicted octanol–water partition coefficient (Wildman–Crippen LogP) is 2.31. The van der Waals surface area contributed by atoms with Crippen LogP contribution in [0.2, 0.25) is 0 Å². The molecule has 3 aliphatic rings. The summed E-state index contributed by atoms with van der Waals surface area (Å²) in [4.78, 5) is 25.0. The van der Waals surface area contributed by atoms with Gasteiger partial charge in [-0.05, 0) is 25.7 Å². The average molecular weight is 359 g/mol. The number of aromatic nitrogens is 1. The van der Waals surface area contributed by atoms with Gasteiger partial charge in [0.05, 0.1) is 12.2 Å². The molecule has 0 spiro atoms. The number of fused-ring (bicyclic) bond motifs is 1. The highest BCUT2D eigenvalue weighted by molar-refractivity contribution is 7.16. The normalized spacial score (nSPS) is 25.8. The quantitative estimate of drug-likeness (QED) is 0.758. The Kier molecular flexibility index (Phi) is 4.65. The Labute approximate surface area is 153 Å². The summed E-state index contributed by atoms with van der Waals surface area (Å²) in [6.45, 7) is 5.69. The number of rotatable bonds is 2. The van der Waals surface area contributed by atoms with Crippen molar-refractivity contribution in [3.8, 4) is 6.19 Å². The highest BCUT2D eigenvalue weighted by atomic mass is 32.1. The highest BCUT2D eigenvalue weighted by Gasteiger charge is 2.40. The monoisotopic (exact) mass is 359 g/mol. The van der Waals surface area contributed by atoms with Crippen molar-refractivity contribution >= 4 is 22.4 Å². The van der Waals surface area contributed by atoms with Gasteiger partial charge in [-0.25, -0.2) is 4.98 Å². The van der Waals surface area contributed by atoms with Crippen molar-refractivity contribution in [3.05, 3.63) is 10.6 Å². The molecule has 1 saturated carbocycles. The third-order valence-electron chi connectivity index (χ3n) is 5.82. The standard InChI is InChI=1S/C18H25N5OS/c1-13-16(14-5-3-2-4-6-14)25-18(20-13)23-10-9-22-8-7-21(12-19)11-15(22)17(23)24/h14-15H,2-11H2,1H3. The van der Waals surface area contributed by atoms with Gasteiger partial charge >= 0.3 is 0 Å². The summed E-state index contributed by atoms with van der Waals surface area (Å²) in [5.74, 6) is 0.732. The highest BCUT2D eigenvalue weighted by Crippen LogP contribution is 2.40. The van der Waals surface area contributed by atoms with Crippen molar-refractivity contribution in [1.29, 1.82) is 5.26 Å². The molecule has 1 unspecified atom stereocenters. The van der Waals surface area contributed by atoms with Crippen LogP contribution in [0.25, 0.3) is 0 Å². The summed E-state index contributed by atoms with van der Waals surface area (Å²) in [6, 6.07) is -0.204. The number of nitrogens with zero attached hydrogens (tertiary/aromatic N) is 5. The molecule has 1 amide bonds. The molecule has 4 rings (SSSR count). The van der Waals surface area contributed by atoms with Gasteiger partial charge < -0.3 is 4.90 Å². The van der Waals surface area contributed by atoms with E-state index in [4.69, 9.17) is 10.2 Å². The zero-order chi connectivity index (χ0) is 17.4. The van der Waals surface area contributed by atoms with Crippen molar-refractivity contribution in [1.82, 2.24) is 14.8 Å². The summed E-state index contributed by atoms with van der Waals surface area (Å²) < 4.78 is 0. The lowest BCUT2D eigenvalue weighted by molar-refractivity contribution is -0.127. The first-order valence-electron chi connectivity index (χ1n) is 9.35. The molecular formula is C18H25N5OS. The topological polar surface area (TPSA) is 63.5 Å². The van der Waals surface area contributed by atoms with Crippen molar-refractivity contribution in [2.75, 3.05) is 37.6 Å². The van der Waals surface area contributed by atoms with Crippen LogP contribution >= 0.6 is 11.3 Å². The molecule has 2 aliphatic heterocycles. The Morgan fingerprint density at radius 1 is 1.16 bits per heavy atom. The van der Waals surface area contributed by atoms with Gasteiger partial charge in [-0.2, -0.15) is 5.26 Å². The molecule has 3 heterocycles. The molecule has 3 fully saturated rings. The van der Waals surface area contributed by atoms with Gasteiger partial charge in [0.25, 0.3) is 0 Å². The van der Waals surface area contributed by atoms with Gasteiger partial charge in [-0.3, -0.25) is 14.6 Å². The van der Waals surface area contributed by atoms with Crippen LogP contribution in [0.15, 0.2) is 0 Å². The van der Waals surface area contributed by atoms with Crippen LogP contribution in [-0.2, 0) is 4.79 Å². The Hall–Kier alpha value is -1.65. The summed E-state index contributed by atoms with van der Waals surface area (Å²) in [5, 5.41) is 10.0. The second-order valence-corrected chi connectivity index (χ2v) is 8.38. The minimum absolute atomic E-state index is 0.107. The zero-order valence-corrected chi connectivity index (χ0v) is 15.6. The lowest BCUT2D eigenvalue weighted by Crippen LogP contribution is -2.64. The number of aryl methyl sites for hydroxylation is 1. The molecule has 6 nitrogen and oxygen atoms in total. The van der Waals surface area contributed by atoms with Gasteiger partial charge in [-0.15, -0.1) is 11.3 Å². The number of thiazole rings is 1. The second kappa shape index (κ2) is 6.93. The van der Waals surface area contributed by atoms with Crippen LogP contribution in [0.3, 0.4) is 0 Å². The molecule has 1 aromatic heterocycles. The van der Waals surface area contributed by atoms with Crippen LogP contribution in [0.4, 0.5) is 5.13 Å². The third-order valence-corrected chi connectivity index (χ3v) is 7.17. The molecule has 134 valence electrons. The summed E-state index contributed by atoms with van der Waals surface area (Å²) in [6.07, 6.45) is 8.66. The van der Waals surface area contributed by atoms with Gasteiger partial charge in [-0.1, -0.05) is 19.3 Å². The zero-order valence-electron chi connectivity index (χ0n) is 14.8. The molecule has 0 radical (unpaired) electrons. The Balaban J connectivity index is 1.54. The molecule has 0 N–H and O–H groups in total. The molecular weight excluding hydrogens is 334 g/mol. The maximum Gasteiger partial charge on any atom is 0.248 e. The molecule has 2 saturated heterocycles. The number of carbonyl (C=O) groups excluding carboxylic acids is 1. The average Bonchev–Trinajstić information content (AvgIpc) is 3.04. The lowest BCUT2D eigenvalue weighted by atomic mass is 9.88. The van der Waals surface area contributed by atoms with E-state index in [0.29, 0.717) is 19.0 Å². The first-order valence-corrected chi connectivity index (χ1v) is 10.2. The van der Waals surface area contributed by atoms with Gasteiger partial charge in [0, 0.05) is 31.1 Å². The van der Waals surface area contributed by atoms with Gasteiger partial charge in [0.2, 0.25) is 5.91 Å². The molecule has 7 heteroatoms. The van der Waals surface area contributed by atoms with E-state index in [0.717, 1.165) is 30.5 Å². The third kappa shape index (κ3) is 3.13. The fraction of sp³-hybridized carbons (Fsp3) is 0.722. The fourth-order valence-electron chi connectivity index (χ4n) is 4.37. The summed E-state index contributed by atoms with van der Waals surface area (Å²) in [5.41, 5.74) is 1.10. The van der Waals surface area contributed by atoms with E-state index in [1.54, 1.807) is 16.2 Å². The number of hydrogen-bond acceptors (Lipinski definition) is 6. The van der Waals surface area contributed by atoms with Crippen molar-refractivity contribution < 1.29 is 4.79 Å². The molecule has 0 aromatic carbocycles. The molecule has 1 aromatic rings. The Bertz CT molecular complexity index is 690. The fourth-order valence-corrected chi connectivity index (χ4v) is 5.64. The second-order valence-electron chi connectivity index (χ2n) is 7.37. The van der Waals surface area contributed by atoms with E-state index in [-0.39, 0.29) is 11.9 Å². The van der Waals surface area contributed by atoms with Crippen LogP contribution < -0.4 is 4.90 Å². The molecule has 0 bridgehead atoms. The predicted molar refractivity (Wildman–Crippen MR) is 97.6 cm³/mol. The Morgan fingerprint density at radius 3 is 2.68 bits per heavy atom. The minimum Gasteiger partial charge on any atom is -0.307 e. The van der Waals surface area contributed by atoms with E-state index in [9.17, 15) is 4.79 Å². The van der Waals surface area contributed by atoms with Crippen LogP contribution in [0, 0.1) is 18.4 Å². The van der Waals surface area contributed by atoms with Crippen molar-refractivity contribution in [3.63, 3.8) is 0 Å². The molecule has 1 atom stereocenters. The van der Waals surface area contributed by atoms with Gasteiger partial charge in [0.1, 0.15) is 6.04 Å². The summed E-state index contributed by atoms with van der Waals surface area (Å²) >= 11 is 1.72. The lowest BCUT2D eigenvalue weighted by Gasteiger charge is -2.44. The Morgan fingerprint density at radius 2 is 1.92 bits per heavy atom. The molecule has 25 heavy (non-hydrogen) atoms. The van der Waals surface area contributed by atoms with Crippen LogP contribution in [-0.4, -0.2) is 59.5 Å².